The molecule has 0 saturated heterocycles. The number of rotatable bonds is 5. The van der Waals surface area contributed by atoms with Crippen molar-refractivity contribution >= 4 is 37.1 Å². The van der Waals surface area contributed by atoms with Crippen molar-refractivity contribution < 1.29 is 26.0 Å². The summed E-state index contributed by atoms with van der Waals surface area (Å²) in [5.74, 6) is -1.11. The Kier molecular flexibility index (Phi) is 4.50. The third-order valence-corrected chi connectivity index (χ3v) is 7.82. The van der Waals surface area contributed by atoms with E-state index < -0.39 is 25.8 Å². The van der Waals surface area contributed by atoms with E-state index in [9.17, 15) is 21.6 Å². The summed E-state index contributed by atoms with van der Waals surface area (Å²) in [7, 11) is -8.05. The molecule has 0 aliphatic carbocycles. The summed E-state index contributed by atoms with van der Waals surface area (Å²) in [4.78, 5) is 11.7. The van der Waals surface area contributed by atoms with E-state index in [0.29, 0.717) is 11.3 Å². The average molecular weight is 397 g/mol. The van der Waals surface area contributed by atoms with Crippen LogP contribution in [0.4, 0.5) is 0 Å². The van der Waals surface area contributed by atoms with E-state index in [1.807, 2.05) is 4.72 Å². The van der Waals surface area contributed by atoms with Gasteiger partial charge in [0.15, 0.2) is 5.76 Å². The average Bonchev–Trinajstić information content (AvgIpc) is 3.27. The van der Waals surface area contributed by atoms with Crippen molar-refractivity contribution in [1.29, 1.82) is 0 Å². The van der Waals surface area contributed by atoms with Crippen molar-refractivity contribution in [2.75, 3.05) is 0 Å². The Bertz CT molecular complexity index is 1100. The van der Waals surface area contributed by atoms with E-state index in [1.165, 1.54) is 35.9 Å². The van der Waals surface area contributed by atoms with E-state index in [2.05, 4.69) is 0 Å². The van der Waals surface area contributed by atoms with Crippen LogP contribution in [0.15, 0.2) is 78.6 Å². The normalized spacial score (nSPS) is 12.0. The molecule has 130 valence electrons. The van der Waals surface area contributed by atoms with Crippen LogP contribution in [0.3, 0.4) is 0 Å². The van der Waals surface area contributed by atoms with Gasteiger partial charge >= 0.3 is 5.91 Å². The van der Waals surface area contributed by atoms with Crippen molar-refractivity contribution in [2.45, 2.75) is 14.0 Å². The molecule has 3 aromatic rings. The number of carbonyl (C=O) groups is 1. The predicted octanol–water partition coefficient (Wildman–Crippen LogP) is 2.29. The van der Waals surface area contributed by atoms with Gasteiger partial charge in [-0.3, -0.25) is 4.79 Å². The standard InChI is InChI=1S/C15H11NO6S3/c17-15(13-7-4-8-22-13)16-25(20,21)14-9-12(10-23-14)24(18,19)11-5-2-1-3-6-11/h1-10H,(H,16,17). The number of furan rings is 1. The SMILES string of the molecule is O=C(NS(=O)(=O)c1cc(S(=O)(=O)c2ccccc2)cs1)c1ccco1. The number of hydrogen-bond acceptors (Lipinski definition) is 7. The molecule has 1 aromatic carbocycles. The zero-order valence-corrected chi connectivity index (χ0v) is 14.9. The van der Waals surface area contributed by atoms with Crippen LogP contribution < -0.4 is 4.72 Å². The molecule has 2 heterocycles. The Morgan fingerprint density at radius 1 is 0.960 bits per heavy atom. The number of thiophene rings is 1. The lowest BCUT2D eigenvalue weighted by Gasteiger charge is -2.03. The van der Waals surface area contributed by atoms with Gasteiger partial charge in [0.05, 0.1) is 16.1 Å². The maximum atomic E-state index is 12.5. The van der Waals surface area contributed by atoms with E-state index in [0.717, 1.165) is 6.07 Å². The summed E-state index contributed by atoms with van der Waals surface area (Å²) in [6.07, 6.45) is 1.23. The van der Waals surface area contributed by atoms with Gasteiger partial charge in [0.25, 0.3) is 10.0 Å². The minimum absolute atomic E-state index is 0.0522. The second-order valence-corrected chi connectivity index (χ2v) is 9.60. The molecule has 0 fully saturated rings. The van der Waals surface area contributed by atoms with E-state index in [-0.39, 0.29) is 19.8 Å². The highest BCUT2D eigenvalue weighted by molar-refractivity contribution is 7.93. The van der Waals surface area contributed by atoms with Crippen LogP contribution in [0, 0.1) is 0 Å². The van der Waals surface area contributed by atoms with Crippen LogP contribution in [0.2, 0.25) is 0 Å². The second kappa shape index (κ2) is 6.47. The number of sulfone groups is 1. The van der Waals surface area contributed by atoms with Gasteiger partial charge in [0.1, 0.15) is 4.21 Å². The number of amides is 1. The van der Waals surface area contributed by atoms with E-state index in [1.54, 1.807) is 18.2 Å². The fourth-order valence-electron chi connectivity index (χ4n) is 1.95. The lowest BCUT2D eigenvalue weighted by molar-refractivity contribution is 0.0954. The Balaban J connectivity index is 1.89. The maximum absolute atomic E-state index is 12.5. The van der Waals surface area contributed by atoms with Crippen molar-refractivity contribution in [3.63, 3.8) is 0 Å². The van der Waals surface area contributed by atoms with Gasteiger partial charge in [0.2, 0.25) is 9.84 Å². The molecule has 10 heteroatoms. The largest absolute Gasteiger partial charge is 0.459 e. The molecule has 25 heavy (non-hydrogen) atoms. The van der Waals surface area contributed by atoms with Gasteiger partial charge in [-0.1, -0.05) is 18.2 Å². The van der Waals surface area contributed by atoms with E-state index in [4.69, 9.17) is 4.42 Å². The third-order valence-electron chi connectivity index (χ3n) is 3.15. The molecule has 0 atom stereocenters. The summed E-state index contributed by atoms with van der Waals surface area (Å²) in [6.45, 7) is 0. The molecule has 0 spiro atoms. The van der Waals surface area contributed by atoms with Gasteiger partial charge in [0, 0.05) is 5.38 Å². The number of hydrogen-bond donors (Lipinski definition) is 1. The summed E-state index contributed by atoms with van der Waals surface area (Å²) >= 11 is 0.705. The lowest BCUT2D eigenvalue weighted by atomic mass is 10.4. The maximum Gasteiger partial charge on any atom is 0.300 e. The van der Waals surface area contributed by atoms with Gasteiger partial charge < -0.3 is 4.42 Å². The molecule has 0 aliphatic rings. The first-order valence-corrected chi connectivity index (χ1v) is 10.6. The fraction of sp³-hybridized carbons (Fsp3) is 0. The Morgan fingerprint density at radius 2 is 1.68 bits per heavy atom. The van der Waals surface area contributed by atoms with Crippen LogP contribution in [0.25, 0.3) is 0 Å². The molecule has 7 nitrogen and oxygen atoms in total. The third kappa shape index (κ3) is 3.50. The number of sulfonamides is 1. The summed E-state index contributed by atoms with van der Waals surface area (Å²) < 4.78 is 55.9. The van der Waals surface area contributed by atoms with Crippen molar-refractivity contribution in [3.8, 4) is 0 Å². The van der Waals surface area contributed by atoms with Crippen LogP contribution in [-0.2, 0) is 19.9 Å². The monoisotopic (exact) mass is 397 g/mol. The number of benzene rings is 1. The quantitative estimate of drug-likeness (QED) is 0.707. The van der Waals surface area contributed by atoms with Crippen LogP contribution in [-0.4, -0.2) is 22.7 Å². The van der Waals surface area contributed by atoms with Gasteiger partial charge in [-0.15, -0.1) is 11.3 Å². The molecule has 0 saturated carbocycles. The van der Waals surface area contributed by atoms with E-state index >= 15 is 0 Å². The smallest absolute Gasteiger partial charge is 0.300 e. The molecule has 0 radical (unpaired) electrons. The lowest BCUT2D eigenvalue weighted by Crippen LogP contribution is -2.29. The second-order valence-electron chi connectivity index (χ2n) is 4.83. The first-order chi connectivity index (χ1) is 11.8. The Morgan fingerprint density at radius 3 is 2.32 bits per heavy atom. The molecule has 0 aliphatic heterocycles. The minimum Gasteiger partial charge on any atom is -0.459 e. The molecule has 1 N–H and O–H groups in total. The zero-order chi connectivity index (χ0) is 18.1. The Hall–Kier alpha value is -2.43. The van der Waals surface area contributed by atoms with Gasteiger partial charge in [-0.2, -0.15) is 0 Å². The molecule has 1 amide bonds. The first kappa shape index (κ1) is 17.4. The Labute approximate surface area is 147 Å². The van der Waals surface area contributed by atoms with Crippen LogP contribution >= 0.6 is 11.3 Å². The molecule has 0 unspecified atom stereocenters. The molecule has 2 aromatic heterocycles. The van der Waals surface area contributed by atoms with Crippen molar-refractivity contribution in [3.05, 3.63) is 65.9 Å². The predicted molar refractivity (Wildman–Crippen MR) is 89.6 cm³/mol. The molecular formula is C15H11NO6S3. The molecule has 3 rings (SSSR count). The van der Waals surface area contributed by atoms with Gasteiger partial charge in [-0.25, -0.2) is 21.6 Å². The number of carbonyl (C=O) groups excluding carboxylic acids is 1. The summed E-state index contributed by atoms with van der Waals surface area (Å²) in [5.41, 5.74) is 0. The highest BCUT2D eigenvalue weighted by atomic mass is 32.2. The van der Waals surface area contributed by atoms with Crippen molar-refractivity contribution in [1.82, 2.24) is 4.72 Å². The summed E-state index contributed by atoms with van der Waals surface area (Å²) in [6, 6.07) is 11.4. The van der Waals surface area contributed by atoms with Crippen molar-refractivity contribution in [2.24, 2.45) is 0 Å². The summed E-state index contributed by atoms with van der Waals surface area (Å²) in [5, 5.41) is 1.22. The number of nitrogens with one attached hydrogen (secondary N) is 1. The fourth-order valence-corrected chi connectivity index (χ4v) is 5.81. The topological polar surface area (TPSA) is 111 Å². The molecular weight excluding hydrogens is 386 g/mol. The van der Waals surface area contributed by atoms with Crippen LogP contribution in [0.1, 0.15) is 10.6 Å². The first-order valence-electron chi connectivity index (χ1n) is 6.80. The van der Waals surface area contributed by atoms with Gasteiger partial charge in [-0.05, 0) is 30.3 Å². The zero-order valence-electron chi connectivity index (χ0n) is 12.4. The minimum atomic E-state index is -4.21. The highest BCUT2D eigenvalue weighted by Crippen LogP contribution is 2.28. The highest BCUT2D eigenvalue weighted by Gasteiger charge is 2.26. The molecule has 0 bridgehead atoms. The van der Waals surface area contributed by atoms with Crippen LogP contribution in [0.5, 0.6) is 0 Å².